The van der Waals surface area contributed by atoms with Crippen molar-refractivity contribution in [2.75, 3.05) is 6.61 Å². The average molecular weight is 231 g/mol. The van der Waals surface area contributed by atoms with E-state index in [1.165, 1.54) is 24.8 Å². The molecule has 1 fully saturated rings. The number of ether oxygens (including phenoxy) is 1. The fourth-order valence-electron chi connectivity index (χ4n) is 2.91. The third kappa shape index (κ3) is 2.19. The fourth-order valence-corrected chi connectivity index (χ4v) is 2.91. The molecule has 0 spiro atoms. The largest absolute Gasteiger partial charge is 0.493 e. The second-order valence-corrected chi connectivity index (χ2v) is 5.37. The lowest BCUT2D eigenvalue weighted by atomic mass is 9.80. The van der Waals surface area contributed by atoms with Crippen molar-refractivity contribution in [1.82, 2.24) is 5.32 Å². The van der Waals surface area contributed by atoms with E-state index in [1.54, 1.807) is 0 Å². The van der Waals surface area contributed by atoms with Crippen molar-refractivity contribution in [3.8, 4) is 5.75 Å². The molecular formula is C15H21NO. The maximum absolute atomic E-state index is 5.70. The minimum Gasteiger partial charge on any atom is -0.493 e. The molecule has 3 rings (SSSR count). The summed E-state index contributed by atoms with van der Waals surface area (Å²) >= 11 is 0. The molecular weight excluding hydrogens is 210 g/mol. The normalized spacial score (nSPS) is 25.6. The first kappa shape index (κ1) is 11.1. The van der Waals surface area contributed by atoms with Crippen LogP contribution in [0.2, 0.25) is 0 Å². The molecule has 0 radical (unpaired) electrons. The topological polar surface area (TPSA) is 21.3 Å². The predicted molar refractivity (Wildman–Crippen MR) is 69.2 cm³/mol. The second-order valence-electron chi connectivity index (χ2n) is 5.37. The van der Waals surface area contributed by atoms with Crippen LogP contribution in [0.5, 0.6) is 5.75 Å². The molecule has 17 heavy (non-hydrogen) atoms. The summed E-state index contributed by atoms with van der Waals surface area (Å²) in [5.41, 5.74) is 1.34. The third-order valence-corrected chi connectivity index (χ3v) is 4.28. The zero-order valence-corrected chi connectivity index (χ0v) is 10.5. The summed E-state index contributed by atoms with van der Waals surface area (Å²) in [6, 6.07) is 9.55. The number of para-hydroxylation sites is 1. The second kappa shape index (κ2) is 4.69. The van der Waals surface area contributed by atoms with E-state index in [0.29, 0.717) is 12.1 Å². The molecule has 2 atom stereocenters. The summed E-state index contributed by atoms with van der Waals surface area (Å²) in [6.45, 7) is 3.17. The van der Waals surface area contributed by atoms with Gasteiger partial charge in [-0.05, 0) is 31.7 Å². The zero-order valence-electron chi connectivity index (χ0n) is 10.5. The molecule has 1 N–H and O–H groups in total. The highest BCUT2D eigenvalue weighted by molar-refractivity contribution is 5.37. The van der Waals surface area contributed by atoms with Crippen LogP contribution in [-0.4, -0.2) is 12.6 Å². The summed E-state index contributed by atoms with van der Waals surface area (Å²) in [6.07, 6.45) is 5.31. The average Bonchev–Trinajstić information content (AvgIpc) is 2.27. The van der Waals surface area contributed by atoms with E-state index in [1.807, 2.05) is 0 Å². The SMILES string of the molecule is C[C@@H](N[C@H]1CCOc2ccccc21)C1CCC1. The molecule has 0 aromatic heterocycles. The summed E-state index contributed by atoms with van der Waals surface area (Å²) in [7, 11) is 0. The van der Waals surface area contributed by atoms with Crippen molar-refractivity contribution in [2.45, 2.75) is 44.7 Å². The first-order chi connectivity index (χ1) is 8.34. The molecule has 1 heterocycles. The maximum Gasteiger partial charge on any atom is 0.124 e. The van der Waals surface area contributed by atoms with Gasteiger partial charge < -0.3 is 10.1 Å². The van der Waals surface area contributed by atoms with Crippen LogP contribution in [0.3, 0.4) is 0 Å². The molecule has 1 aromatic carbocycles. The lowest BCUT2D eigenvalue weighted by Gasteiger charge is -2.36. The monoisotopic (exact) mass is 231 g/mol. The van der Waals surface area contributed by atoms with Gasteiger partial charge in [0.05, 0.1) is 6.61 Å². The van der Waals surface area contributed by atoms with Gasteiger partial charge in [0.25, 0.3) is 0 Å². The maximum atomic E-state index is 5.70. The van der Waals surface area contributed by atoms with Crippen LogP contribution in [0, 0.1) is 5.92 Å². The van der Waals surface area contributed by atoms with Crippen molar-refractivity contribution >= 4 is 0 Å². The van der Waals surface area contributed by atoms with Crippen LogP contribution in [0.1, 0.15) is 44.2 Å². The summed E-state index contributed by atoms with van der Waals surface area (Å²) in [5, 5.41) is 3.80. The summed E-state index contributed by atoms with van der Waals surface area (Å²) < 4.78 is 5.70. The molecule has 2 aliphatic rings. The van der Waals surface area contributed by atoms with Crippen LogP contribution in [-0.2, 0) is 0 Å². The van der Waals surface area contributed by atoms with E-state index in [9.17, 15) is 0 Å². The zero-order chi connectivity index (χ0) is 11.7. The summed E-state index contributed by atoms with van der Waals surface area (Å²) in [4.78, 5) is 0. The lowest BCUT2D eigenvalue weighted by Crippen LogP contribution is -2.40. The molecule has 2 nitrogen and oxygen atoms in total. The lowest BCUT2D eigenvalue weighted by molar-refractivity contribution is 0.197. The fraction of sp³-hybridized carbons (Fsp3) is 0.600. The Balaban J connectivity index is 1.71. The number of rotatable bonds is 3. The number of benzene rings is 1. The Hall–Kier alpha value is -1.02. The minimum absolute atomic E-state index is 0.482. The molecule has 1 saturated carbocycles. The van der Waals surface area contributed by atoms with Gasteiger partial charge in [0, 0.05) is 24.1 Å². The van der Waals surface area contributed by atoms with Crippen LogP contribution in [0.4, 0.5) is 0 Å². The van der Waals surface area contributed by atoms with Crippen LogP contribution in [0.15, 0.2) is 24.3 Å². The molecule has 1 aromatic rings. The Labute approximate surface area is 103 Å². The van der Waals surface area contributed by atoms with Crippen molar-refractivity contribution in [3.05, 3.63) is 29.8 Å². The van der Waals surface area contributed by atoms with Crippen LogP contribution < -0.4 is 10.1 Å². The van der Waals surface area contributed by atoms with E-state index < -0.39 is 0 Å². The molecule has 92 valence electrons. The van der Waals surface area contributed by atoms with Crippen molar-refractivity contribution in [2.24, 2.45) is 5.92 Å². The first-order valence-corrected chi connectivity index (χ1v) is 6.82. The molecule has 0 saturated heterocycles. The molecule has 0 bridgehead atoms. The Morgan fingerprint density at radius 1 is 1.24 bits per heavy atom. The standard InChI is InChI=1S/C15H21NO/c1-11(12-5-4-6-12)16-14-9-10-17-15-8-3-2-7-13(14)15/h2-3,7-8,11-12,14,16H,4-6,9-10H2,1H3/t11-,14+/m1/s1. The van der Waals surface area contributed by atoms with Gasteiger partial charge in [0.2, 0.25) is 0 Å². The Morgan fingerprint density at radius 2 is 2.06 bits per heavy atom. The van der Waals surface area contributed by atoms with E-state index in [-0.39, 0.29) is 0 Å². The van der Waals surface area contributed by atoms with Crippen molar-refractivity contribution in [3.63, 3.8) is 0 Å². The van der Waals surface area contributed by atoms with Crippen molar-refractivity contribution < 1.29 is 4.74 Å². The Bertz CT molecular complexity index is 386. The Morgan fingerprint density at radius 3 is 2.82 bits per heavy atom. The molecule has 2 heteroatoms. The van der Waals surface area contributed by atoms with Crippen LogP contribution >= 0.6 is 0 Å². The first-order valence-electron chi connectivity index (χ1n) is 6.82. The number of fused-ring (bicyclic) bond motifs is 1. The molecule has 0 amide bonds. The minimum atomic E-state index is 0.482. The summed E-state index contributed by atoms with van der Waals surface area (Å²) in [5.74, 6) is 1.96. The molecule has 0 unspecified atom stereocenters. The molecule has 1 aliphatic carbocycles. The van der Waals surface area contributed by atoms with E-state index in [2.05, 4.69) is 36.5 Å². The third-order valence-electron chi connectivity index (χ3n) is 4.28. The van der Waals surface area contributed by atoms with Gasteiger partial charge >= 0.3 is 0 Å². The van der Waals surface area contributed by atoms with Gasteiger partial charge in [-0.2, -0.15) is 0 Å². The van der Waals surface area contributed by atoms with Gasteiger partial charge in [0.15, 0.2) is 0 Å². The highest BCUT2D eigenvalue weighted by atomic mass is 16.5. The highest BCUT2D eigenvalue weighted by Crippen LogP contribution is 2.35. The quantitative estimate of drug-likeness (QED) is 0.862. The van der Waals surface area contributed by atoms with Crippen molar-refractivity contribution in [1.29, 1.82) is 0 Å². The van der Waals surface area contributed by atoms with E-state index in [0.717, 1.165) is 24.7 Å². The Kier molecular flexibility index (Phi) is 3.06. The van der Waals surface area contributed by atoms with E-state index >= 15 is 0 Å². The van der Waals surface area contributed by atoms with Gasteiger partial charge in [-0.1, -0.05) is 24.6 Å². The predicted octanol–water partition coefficient (Wildman–Crippen LogP) is 3.29. The highest BCUT2D eigenvalue weighted by Gasteiger charge is 2.28. The van der Waals surface area contributed by atoms with Gasteiger partial charge in [0.1, 0.15) is 5.75 Å². The van der Waals surface area contributed by atoms with Gasteiger partial charge in [-0.15, -0.1) is 0 Å². The van der Waals surface area contributed by atoms with Crippen LogP contribution in [0.25, 0.3) is 0 Å². The van der Waals surface area contributed by atoms with Gasteiger partial charge in [-0.25, -0.2) is 0 Å². The number of hydrogen-bond acceptors (Lipinski definition) is 2. The molecule has 1 aliphatic heterocycles. The number of hydrogen-bond donors (Lipinski definition) is 1. The smallest absolute Gasteiger partial charge is 0.124 e. The number of nitrogens with one attached hydrogen (secondary N) is 1. The van der Waals surface area contributed by atoms with E-state index in [4.69, 9.17) is 4.74 Å². The van der Waals surface area contributed by atoms with Gasteiger partial charge in [-0.3, -0.25) is 0 Å².